The summed E-state index contributed by atoms with van der Waals surface area (Å²) in [6, 6.07) is 4.99. The molecular formula is C13H18N2O2. The topological polar surface area (TPSA) is 55.7 Å². The molecule has 92 valence electrons. The minimum atomic E-state index is -0.0792. The Morgan fingerprint density at radius 1 is 1.29 bits per heavy atom. The molecule has 2 rings (SSSR count). The van der Waals surface area contributed by atoms with Gasteiger partial charge < -0.3 is 15.5 Å². The van der Waals surface area contributed by atoms with Crippen LogP contribution in [0.2, 0.25) is 0 Å². The van der Waals surface area contributed by atoms with Gasteiger partial charge in [-0.3, -0.25) is 4.90 Å². The Morgan fingerprint density at radius 3 is 2.65 bits per heavy atom. The van der Waals surface area contributed by atoms with Crippen LogP contribution in [0.4, 0.5) is 0 Å². The molecule has 1 aliphatic heterocycles. The van der Waals surface area contributed by atoms with Crippen LogP contribution in [-0.2, 0) is 0 Å². The minimum absolute atomic E-state index is 0.0454. The average molecular weight is 234 g/mol. The van der Waals surface area contributed by atoms with E-state index in [1.807, 2.05) is 6.07 Å². The first-order valence-electron chi connectivity index (χ1n) is 5.82. The number of para-hydroxylation sites is 1. The third-order valence-electron chi connectivity index (χ3n) is 3.13. The second kappa shape index (κ2) is 5.21. The summed E-state index contributed by atoms with van der Waals surface area (Å²) in [5, 5.41) is 22.7. The Labute approximate surface area is 101 Å². The number of benzene rings is 1. The third kappa shape index (κ3) is 2.43. The first-order valence-corrected chi connectivity index (χ1v) is 5.82. The van der Waals surface area contributed by atoms with Crippen molar-refractivity contribution in [3.05, 3.63) is 36.4 Å². The lowest BCUT2D eigenvalue weighted by molar-refractivity contribution is 0.200. The van der Waals surface area contributed by atoms with Crippen molar-refractivity contribution in [1.29, 1.82) is 0 Å². The molecule has 1 aliphatic rings. The van der Waals surface area contributed by atoms with Crippen LogP contribution in [0.1, 0.15) is 11.6 Å². The van der Waals surface area contributed by atoms with E-state index in [1.54, 1.807) is 12.1 Å². The van der Waals surface area contributed by atoms with Crippen LogP contribution in [0.15, 0.2) is 30.9 Å². The highest BCUT2D eigenvalue weighted by Gasteiger charge is 2.22. The van der Waals surface area contributed by atoms with Gasteiger partial charge in [-0.1, -0.05) is 18.2 Å². The molecule has 0 unspecified atom stereocenters. The number of hydrogen-bond acceptors (Lipinski definition) is 4. The second-order valence-corrected chi connectivity index (χ2v) is 4.18. The van der Waals surface area contributed by atoms with Crippen molar-refractivity contribution in [1.82, 2.24) is 10.2 Å². The van der Waals surface area contributed by atoms with Gasteiger partial charge in [-0.15, -0.1) is 6.58 Å². The van der Waals surface area contributed by atoms with Crippen LogP contribution in [0.3, 0.4) is 0 Å². The van der Waals surface area contributed by atoms with Crippen LogP contribution in [0.5, 0.6) is 11.5 Å². The predicted octanol–water partition coefficient (Wildman–Crippen LogP) is 1.23. The van der Waals surface area contributed by atoms with Gasteiger partial charge in [0.15, 0.2) is 11.5 Å². The van der Waals surface area contributed by atoms with Crippen molar-refractivity contribution in [2.75, 3.05) is 26.2 Å². The standard InChI is InChI=1S/C13H18N2O2/c1-2-11(15-8-6-14-7-9-15)10-4-3-5-12(16)13(10)17/h2-5,11,14,16-17H,1,6-9H2/t11-/m1/s1. The summed E-state index contributed by atoms with van der Waals surface area (Å²) < 4.78 is 0. The average Bonchev–Trinajstić information content (AvgIpc) is 2.37. The summed E-state index contributed by atoms with van der Waals surface area (Å²) >= 11 is 0. The molecule has 1 atom stereocenters. The van der Waals surface area contributed by atoms with Gasteiger partial charge in [-0.25, -0.2) is 0 Å². The Morgan fingerprint density at radius 2 is 2.00 bits per heavy atom. The maximum atomic E-state index is 9.89. The minimum Gasteiger partial charge on any atom is -0.504 e. The molecule has 1 aromatic carbocycles. The van der Waals surface area contributed by atoms with Gasteiger partial charge in [0.25, 0.3) is 0 Å². The van der Waals surface area contributed by atoms with E-state index in [0.29, 0.717) is 5.56 Å². The third-order valence-corrected chi connectivity index (χ3v) is 3.13. The van der Waals surface area contributed by atoms with E-state index in [9.17, 15) is 10.2 Å². The van der Waals surface area contributed by atoms with Gasteiger partial charge in [0, 0.05) is 31.7 Å². The molecule has 0 amide bonds. The predicted molar refractivity (Wildman–Crippen MR) is 67.2 cm³/mol. The zero-order valence-corrected chi connectivity index (χ0v) is 9.76. The van der Waals surface area contributed by atoms with Crippen molar-refractivity contribution in [3.63, 3.8) is 0 Å². The lowest BCUT2D eigenvalue weighted by Gasteiger charge is -2.33. The van der Waals surface area contributed by atoms with Crippen molar-refractivity contribution in [3.8, 4) is 11.5 Å². The van der Waals surface area contributed by atoms with Gasteiger partial charge in [-0.05, 0) is 6.07 Å². The molecule has 0 saturated carbocycles. The van der Waals surface area contributed by atoms with Crippen LogP contribution >= 0.6 is 0 Å². The fraction of sp³-hybridized carbons (Fsp3) is 0.385. The fourth-order valence-electron chi connectivity index (χ4n) is 2.22. The van der Waals surface area contributed by atoms with E-state index in [-0.39, 0.29) is 17.5 Å². The van der Waals surface area contributed by atoms with Gasteiger partial charge in [0.05, 0.1) is 6.04 Å². The van der Waals surface area contributed by atoms with Gasteiger partial charge in [0.2, 0.25) is 0 Å². The molecule has 1 heterocycles. The molecule has 1 aromatic rings. The van der Waals surface area contributed by atoms with Gasteiger partial charge >= 0.3 is 0 Å². The van der Waals surface area contributed by atoms with Gasteiger partial charge in [-0.2, -0.15) is 0 Å². The zero-order chi connectivity index (χ0) is 12.3. The maximum Gasteiger partial charge on any atom is 0.162 e. The number of nitrogens with one attached hydrogen (secondary N) is 1. The maximum absolute atomic E-state index is 9.89. The number of aromatic hydroxyl groups is 2. The van der Waals surface area contributed by atoms with E-state index in [2.05, 4.69) is 16.8 Å². The number of hydrogen-bond donors (Lipinski definition) is 3. The van der Waals surface area contributed by atoms with Crippen LogP contribution in [0, 0.1) is 0 Å². The quantitative estimate of drug-likeness (QED) is 0.544. The first-order chi connectivity index (χ1) is 8.24. The van der Waals surface area contributed by atoms with Crippen molar-refractivity contribution in [2.24, 2.45) is 0 Å². The van der Waals surface area contributed by atoms with Crippen molar-refractivity contribution < 1.29 is 10.2 Å². The molecule has 0 radical (unpaired) electrons. The molecule has 17 heavy (non-hydrogen) atoms. The van der Waals surface area contributed by atoms with Crippen LogP contribution in [0.25, 0.3) is 0 Å². The molecule has 1 saturated heterocycles. The van der Waals surface area contributed by atoms with E-state index < -0.39 is 0 Å². The number of phenols is 2. The molecule has 0 bridgehead atoms. The van der Waals surface area contributed by atoms with Gasteiger partial charge in [0.1, 0.15) is 0 Å². The number of phenolic OH excluding ortho intramolecular Hbond substituents is 2. The lowest BCUT2D eigenvalue weighted by Crippen LogP contribution is -2.44. The molecular weight excluding hydrogens is 216 g/mol. The zero-order valence-electron chi connectivity index (χ0n) is 9.76. The molecule has 3 N–H and O–H groups in total. The highest BCUT2D eigenvalue weighted by atomic mass is 16.3. The highest BCUT2D eigenvalue weighted by molar-refractivity contribution is 5.47. The Balaban J connectivity index is 2.27. The monoisotopic (exact) mass is 234 g/mol. The second-order valence-electron chi connectivity index (χ2n) is 4.18. The molecule has 1 fully saturated rings. The smallest absolute Gasteiger partial charge is 0.162 e. The Kier molecular flexibility index (Phi) is 3.66. The Hall–Kier alpha value is -1.52. The summed E-state index contributed by atoms with van der Waals surface area (Å²) in [6.45, 7) is 7.51. The fourth-order valence-corrected chi connectivity index (χ4v) is 2.22. The number of rotatable bonds is 3. The first kappa shape index (κ1) is 12.0. The van der Waals surface area contributed by atoms with Crippen LogP contribution < -0.4 is 5.32 Å². The molecule has 4 nitrogen and oxygen atoms in total. The summed E-state index contributed by atoms with van der Waals surface area (Å²) in [5.74, 6) is -0.125. The normalized spacial score (nSPS) is 18.8. The van der Waals surface area contributed by atoms with E-state index in [1.165, 1.54) is 6.07 Å². The van der Waals surface area contributed by atoms with E-state index in [4.69, 9.17) is 0 Å². The molecule has 0 aliphatic carbocycles. The summed E-state index contributed by atoms with van der Waals surface area (Å²) in [5.41, 5.74) is 0.710. The van der Waals surface area contributed by atoms with E-state index >= 15 is 0 Å². The van der Waals surface area contributed by atoms with Crippen molar-refractivity contribution in [2.45, 2.75) is 6.04 Å². The molecule has 0 spiro atoms. The summed E-state index contributed by atoms with van der Waals surface area (Å²) in [6.07, 6.45) is 1.81. The van der Waals surface area contributed by atoms with E-state index in [0.717, 1.165) is 26.2 Å². The summed E-state index contributed by atoms with van der Waals surface area (Å²) in [7, 11) is 0. The SMILES string of the molecule is C=C[C@H](c1cccc(O)c1O)N1CCNCC1. The molecule has 4 heteroatoms. The van der Waals surface area contributed by atoms with Crippen LogP contribution in [-0.4, -0.2) is 41.3 Å². The largest absolute Gasteiger partial charge is 0.504 e. The Bertz CT molecular complexity index is 400. The van der Waals surface area contributed by atoms with Crippen molar-refractivity contribution >= 4 is 0 Å². The number of piperazine rings is 1. The molecule has 0 aromatic heterocycles. The lowest BCUT2D eigenvalue weighted by atomic mass is 10.0. The number of nitrogens with zero attached hydrogens (tertiary/aromatic N) is 1. The highest BCUT2D eigenvalue weighted by Crippen LogP contribution is 2.35. The summed E-state index contributed by atoms with van der Waals surface area (Å²) in [4.78, 5) is 2.23.